The molecule has 0 saturated heterocycles. The summed E-state index contributed by atoms with van der Waals surface area (Å²) < 4.78 is 13.5. The van der Waals surface area contributed by atoms with E-state index in [4.69, 9.17) is 0 Å². The first-order valence-corrected chi connectivity index (χ1v) is 8.23. The van der Waals surface area contributed by atoms with Crippen molar-refractivity contribution in [3.05, 3.63) is 29.6 Å². The van der Waals surface area contributed by atoms with Gasteiger partial charge in [-0.3, -0.25) is 0 Å². The highest BCUT2D eigenvalue weighted by Crippen LogP contribution is 2.34. The zero-order chi connectivity index (χ0) is 15.4. The molecular formula is C18H28FNO. The molecule has 1 aliphatic rings. The molecule has 0 unspecified atom stereocenters. The van der Waals surface area contributed by atoms with Crippen LogP contribution in [0.25, 0.3) is 0 Å². The molecule has 1 atom stereocenters. The van der Waals surface area contributed by atoms with Crippen molar-refractivity contribution in [2.75, 3.05) is 11.4 Å². The van der Waals surface area contributed by atoms with Gasteiger partial charge in [-0.2, -0.15) is 0 Å². The van der Waals surface area contributed by atoms with E-state index >= 15 is 0 Å². The van der Waals surface area contributed by atoms with Crippen LogP contribution in [-0.4, -0.2) is 17.7 Å². The van der Waals surface area contributed by atoms with Crippen molar-refractivity contribution >= 4 is 5.69 Å². The van der Waals surface area contributed by atoms with Gasteiger partial charge in [0.05, 0.1) is 6.10 Å². The zero-order valence-corrected chi connectivity index (χ0v) is 13.5. The number of aliphatic hydroxyl groups is 1. The SMILES string of the molecule is CC(C)CCN(c1ccc(F)cc1[C@H](C)O)C1CCCC1. The fourth-order valence-corrected chi connectivity index (χ4v) is 3.23. The van der Waals surface area contributed by atoms with E-state index in [9.17, 15) is 9.50 Å². The minimum absolute atomic E-state index is 0.273. The first-order chi connectivity index (χ1) is 9.99. The van der Waals surface area contributed by atoms with Gasteiger partial charge < -0.3 is 10.0 Å². The van der Waals surface area contributed by atoms with Gasteiger partial charge in [-0.1, -0.05) is 26.7 Å². The predicted octanol–water partition coefficient (Wildman–Crippen LogP) is 4.67. The van der Waals surface area contributed by atoms with Crippen molar-refractivity contribution in [2.45, 2.75) is 65.0 Å². The van der Waals surface area contributed by atoms with Crippen LogP contribution in [0, 0.1) is 11.7 Å². The third-order valence-corrected chi connectivity index (χ3v) is 4.46. The van der Waals surface area contributed by atoms with Crippen LogP contribution in [-0.2, 0) is 0 Å². The molecule has 0 spiro atoms. The Morgan fingerprint density at radius 3 is 2.48 bits per heavy atom. The minimum Gasteiger partial charge on any atom is -0.389 e. The Morgan fingerprint density at radius 1 is 1.24 bits per heavy atom. The molecule has 0 aromatic heterocycles. The van der Waals surface area contributed by atoms with Gasteiger partial charge in [-0.25, -0.2) is 4.39 Å². The lowest BCUT2D eigenvalue weighted by Gasteiger charge is -2.34. The monoisotopic (exact) mass is 293 g/mol. The Hall–Kier alpha value is -1.09. The topological polar surface area (TPSA) is 23.5 Å². The zero-order valence-electron chi connectivity index (χ0n) is 13.5. The fourth-order valence-electron chi connectivity index (χ4n) is 3.23. The second-order valence-corrected chi connectivity index (χ2v) is 6.69. The van der Waals surface area contributed by atoms with E-state index in [2.05, 4.69) is 18.7 Å². The lowest BCUT2D eigenvalue weighted by molar-refractivity contribution is 0.199. The van der Waals surface area contributed by atoms with E-state index in [1.807, 2.05) is 6.07 Å². The van der Waals surface area contributed by atoms with Gasteiger partial charge in [0.15, 0.2) is 0 Å². The van der Waals surface area contributed by atoms with E-state index in [1.165, 1.54) is 37.8 Å². The van der Waals surface area contributed by atoms with Crippen LogP contribution in [0.3, 0.4) is 0 Å². The highest BCUT2D eigenvalue weighted by Gasteiger charge is 2.25. The number of anilines is 1. The van der Waals surface area contributed by atoms with Crippen LogP contribution in [0.2, 0.25) is 0 Å². The maximum absolute atomic E-state index is 13.5. The predicted molar refractivity (Wildman–Crippen MR) is 86.1 cm³/mol. The summed E-state index contributed by atoms with van der Waals surface area (Å²) in [6, 6.07) is 5.37. The van der Waals surface area contributed by atoms with Crippen LogP contribution in [0.4, 0.5) is 10.1 Å². The molecule has 3 heteroatoms. The smallest absolute Gasteiger partial charge is 0.123 e. The summed E-state index contributed by atoms with van der Waals surface area (Å²) in [7, 11) is 0. The third kappa shape index (κ3) is 4.19. The summed E-state index contributed by atoms with van der Waals surface area (Å²) in [5.41, 5.74) is 1.73. The van der Waals surface area contributed by atoms with Crippen molar-refractivity contribution in [3.63, 3.8) is 0 Å². The molecule has 0 bridgehead atoms. The highest BCUT2D eigenvalue weighted by molar-refractivity contribution is 5.55. The van der Waals surface area contributed by atoms with Crippen LogP contribution in [0.5, 0.6) is 0 Å². The van der Waals surface area contributed by atoms with Gasteiger partial charge in [0.2, 0.25) is 0 Å². The molecule has 1 N–H and O–H groups in total. The summed E-state index contributed by atoms with van der Waals surface area (Å²) in [6.45, 7) is 7.15. The number of rotatable bonds is 6. The Kier molecular flexibility index (Phi) is 5.63. The van der Waals surface area contributed by atoms with E-state index in [-0.39, 0.29) is 5.82 Å². The van der Waals surface area contributed by atoms with Gasteiger partial charge in [0, 0.05) is 23.8 Å². The quantitative estimate of drug-likeness (QED) is 0.823. The molecule has 0 radical (unpaired) electrons. The van der Waals surface area contributed by atoms with Crippen LogP contribution >= 0.6 is 0 Å². The minimum atomic E-state index is -0.640. The number of aliphatic hydroxyl groups excluding tert-OH is 1. The average Bonchev–Trinajstić information content (AvgIpc) is 2.93. The van der Waals surface area contributed by atoms with Crippen LogP contribution in [0.15, 0.2) is 18.2 Å². The summed E-state index contributed by atoms with van der Waals surface area (Å²) >= 11 is 0. The van der Waals surface area contributed by atoms with Gasteiger partial charge in [0.25, 0.3) is 0 Å². The molecule has 1 aromatic carbocycles. The normalized spacial score (nSPS) is 17.4. The lowest BCUT2D eigenvalue weighted by Crippen LogP contribution is -2.35. The second kappa shape index (κ2) is 7.26. The summed E-state index contributed by atoms with van der Waals surface area (Å²) in [5, 5.41) is 10.0. The molecule has 118 valence electrons. The molecule has 1 aliphatic carbocycles. The molecule has 0 aliphatic heterocycles. The van der Waals surface area contributed by atoms with Crippen molar-refractivity contribution in [1.82, 2.24) is 0 Å². The fraction of sp³-hybridized carbons (Fsp3) is 0.667. The maximum Gasteiger partial charge on any atom is 0.123 e. The van der Waals surface area contributed by atoms with Crippen LogP contribution < -0.4 is 4.90 Å². The number of hydrogen-bond acceptors (Lipinski definition) is 2. The standard InChI is InChI=1S/C18H28FNO/c1-13(2)10-11-20(16-6-4-5-7-16)18-9-8-15(19)12-17(18)14(3)21/h8-9,12-14,16,21H,4-7,10-11H2,1-3H3/t14-/m0/s1. The number of halogens is 1. The molecule has 1 saturated carbocycles. The van der Waals surface area contributed by atoms with Gasteiger partial charge in [0.1, 0.15) is 5.82 Å². The van der Waals surface area contributed by atoms with E-state index in [1.54, 1.807) is 6.92 Å². The van der Waals surface area contributed by atoms with Crippen molar-refractivity contribution in [2.24, 2.45) is 5.92 Å². The molecule has 1 fully saturated rings. The van der Waals surface area contributed by atoms with Gasteiger partial charge >= 0.3 is 0 Å². The number of benzene rings is 1. The van der Waals surface area contributed by atoms with Gasteiger partial charge in [-0.15, -0.1) is 0 Å². The summed E-state index contributed by atoms with van der Waals surface area (Å²) in [4.78, 5) is 2.41. The van der Waals surface area contributed by atoms with Gasteiger partial charge in [-0.05, 0) is 50.3 Å². The third-order valence-electron chi connectivity index (χ3n) is 4.46. The molecule has 2 nitrogen and oxygen atoms in total. The van der Waals surface area contributed by atoms with E-state index in [0.29, 0.717) is 17.5 Å². The number of nitrogens with zero attached hydrogens (tertiary/aromatic N) is 1. The first-order valence-electron chi connectivity index (χ1n) is 8.23. The van der Waals surface area contributed by atoms with Crippen LogP contribution in [0.1, 0.15) is 64.5 Å². The van der Waals surface area contributed by atoms with E-state index in [0.717, 1.165) is 18.7 Å². The molecule has 0 amide bonds. The van der Waals surface area contributed by atoms with Crippen molar-refractivity contribution < 1.29 is 9.50 Å². The van der Waals surface area contributed by atoms with Crippen molar-refractivity contribution in [1.29, 1.82) is 0 Å². The Bertz CT molecular complexity index is 453. The largest absolute Gasteiger partial charge is 0.389 e. The molecule has 1 aromatic rings. The average molecular weight is 293 g/mol. The Labute approximate surface area is 128 Å². The summed E-state index contributed by atoms with van der Waals surface area (Å²) in [6.07, 6.45) is 5.43. The highest BCUT2D eigenvalue weighted by atomic mass is 19.1. The van der Waals surface area contributed by atoms with Crippen molar-refractivity contribution in [3.8, 4) is 0 Å². The first kappa shape index (κ1) is 16.3. The summed E-state index contributed by atoms with van der Waals surface area (Å²) in [5.74, 6) is 0.370. The maximum atomic E-state index is 13.5. The second-order valence-electron chi connectivity index (χ2n) is 6.69. The molecular weight excluding hydrogens is 265 g/mol. The Balaban J connectivity index is 2.30. The molecule has 0 heterocycles. The lowest BCUT2D eigenvalue weighted by atomic mass is 10.0. The molecule has 21 heavy (non-hydrogen) atoms. The number of hydrogen-bond donors (Lipinski definition) is 1. The molecule has 2 rings (SSSR count). The van der Waals surface area contributed by atoms with E-state index < -0.39 is 6.10 Å². The Morgan fingerprint density at radius 2 is 1.90 bits per heavy atom.